The number of nitrogens with zero attached hydrogens (tertiary/aromatic N) is 1. The number of sulfonamides is 1. The Morgan fingerprint density at radius 3 is 2.60 bits per heavy atom. The van der Waals surface area contributed by atoms with E-state index in [2.05, 4.69) is 0 Å². The maximum absolute atomic E-state index is 11.8. The van der Waals surface area contributed by atoms with Crippen LogP contribution in [-0.2, 0) is 10.0 Å². The van der Waals surface area contributed by atoms with E-state index in [0.717, 1.165) is 25.7 Å². The zero-order chi connectivity index (χ0) is 11.1. The maximum atomic E-state index is 11.8. The molecule has 2 aliphatic rings. The average Bonchev–Trinajstić information content (AvgIpc) is 2.69. The number of thiocarbonyl (C=S) groups is 1. The molecule has 0 radical (unpaired) electrons. The quantitative estimate of drug-likeness (QED) is 0.722. The van der Waals surface area contributed by atoms with Gasteiger partial charge in [-0.3, -0.25) is 0 Å². The highest BCUT2D eigenvalue weighted by Crippen LogP contribution is 2.34. The summed E-state index contributed by atoms with van der Waals surface area (Å²) in [5.74, 6) is 0.376. The highest BCUT2D eigenvalue weighted by atomic mass is 32.2. The van der Waals surface area contributed by atoms with Crippen molar-refractivity contribution in [1.29, 1.82) is 0 Å². The second-order valence-corrected chi connectivity index (χ2v) is 6.80. The molecule has 2 N–H and O–H groups in total. The number of nitrogens with two attached hydrogens (primary N) is 1. The van der Waals surface area contributed by atoms with Crippen molar-refractivity contribution in [2.45, 2.75) is 31.7 Å². The Kier molecular flexibility index (Phi) is 3.00. The molecule has 1 saturated carbocycles. The molecule has 6 heteroatoms. The Balaban J connectivity index is 2.20. The smallest absolute Gasteiger partial charge is 0.214 e. The molecule has 2 atom stereocenters. The van der Waals surface area contributed by atoms with E-state index < -0.39 is 10.0 Å². The van der Waals surface area contributed by atoms with Crippen molar-refractivity contribution in [3.05, 3.63) is 0 Å². The summed E-state index contributed by atoms with van der Waals surface area (Å²) in [6.07, 6.45) is 3.61. The zero-order valence-electron chi connectivity index (χ0n) is 8.55. The highest BCUT2D eigenvalue weighted by molar-refractivity contribution is 7.89. The fourth-order valence-electron chi connectivity index (χ4n) is 2.65. The minimum Gasteiger partial charge on any atom is -0.393 e. The molecule has 0 aromatic carbocycles. The van der Waals surface area contributed by atoms with Gasteiger partial charge in [0, 0.05) is 18.5 Å². The van der Waals surface area contributed by atoms with E-state index in [-0.39, 0.29) is 17.7 Å². The molecule has 0 amide bonds. The predicted molar refractivity (Wildman–Crippen MR) is 63.0 cm³/mol. The lowest BCUT2D eigenvalue weighted by Gasteiger charge is -2.27. The highest BCUT2D eigenvalue weighted by Gasteiger charge is 2.41. The minimum atomic E-state index is -3.02. The van der Waals surface area contributed by atoms with Crippen LogP contribution in [0.1, 0.15) is 25.7 Å². The van der Waals surface area contributed by atoms with Crippen molar-refractivity contribution in [3.63, 3.8) is 0 Å². The lowest BCUT2D eigenvalue weighted by molar-refractivity contribution is 0.319. The first kappa shape index (κ1) is 11.3. The summed E-state index contributed by atoms with van der Waals surface area (Å²) in [4.78, 5) is 0.472. The van der Waals surface area contributed by atoms with Crippen LogP contribution in [0.2, 0.25) is 0 Å². The van der Waals surface area contributed by atoms with Gasteiger partial charge in [0.05, 0.1) is 10.7 Å². The van der Waals surface area contributed by atoms with Gasteiger partial charge >= 0.3 is 0 Å². The molecule has 0 aromatic heterocycles. The SMILES string of the molecule is NC(=S)C1CCCC1N1CCCS1(=O)=O. The van der Waals surface area contributed by atoms with E-state index in [0.29, 0.717) is 11.5 Å². The Bertz CT molecular complexity index is 366. The third-order valence-corrected chi connectivity index (χ3v) is 5.63. The van der Waals surface area contributed by atoms with Gasteiger partial charge in [-0.05, 0) is 19.3 Å². The van der Waals surface area contributed by atoms with Gasteiger partial charge in [-0.25, -0.2) is 8.42 Å². The first-order valence-corrected chi connectivity index (χ1v) is 7.33. The van der Waals surface area contributed by atoms with E-state index in [9.17, 15) is 8.42 Å². The van der Waals surface area contributed by atoms with Crippen LogP contribution < -0.4 is 5.73 Å². The summed E-state index contributed by atoms with van der Waals surface area (Å²) < 4.78 is 25.1. The summed E-state index contributed by atoms with van der Waals surface area (Å²) in [7, 11) is -3.02. The van der Waals surface area contributed by atoms with Gasteiger partial charge < -0.3 is 5.73 Å². The van der Waals surface area contributed by atoms with Crippen LogP contribution in [0.15, 0.2) is 0 Å². The summed E-state index contributed by atoms with van der Waals surface area (Å²) in [5, 5.41) is 0. The van der Waals surface area contributed by atoms with Crippen molar-refractivity contribution in [2.24, 2.45) is 11.7 Å². The fourth-order valence-corrected chi connectivity index (χ4v) is 4.72. The second-order valence-electron chi connectivity index (χ2n) is 4.29. The van der Waals surface area contributed by atoms with Gasteiger partial charge in [-0.2, -0.15) is 4.31 Å². The third kappa shape index (κ3) is 2.03. The van der Waals surface area contributed by atoms with E-state index in [1.165, 1.54) is 0 Å². The van der Waals surface area contributed by atoms with E-state index in [1.54, 1.807) is 4.31 Å². The lowest BCUT2D eigenvalue weighted by Crippen LogP contribution is -2.42. The van der Waals surface area contributed by atoms with Crippen molar-refractivity contribution in [2.75, 3.05) is 12.3 Å². The van der Waals surface area contributed by atoms with Crippen LogP contribution >= 0.6 is 12.2 Å². The van der Waals surface area contributed by atoms with Crippen LogP contribution in [-0.4, -0.2) is 36.1 Å². The van der Waals surface area contributed by atoms with Gasteiger partial charge in [-0.15, -0.1) is 0 Å². The average molecular weight is 248 g/mol. The maximum Gasteiger partial charge on any atom is 0.214 e. The molecule has 86 valence electrons. The summed E-state index contributed by atoms with van der Waals surface area (Å²) in [6, 6.07) is 0.0370. The summed E-state index contributed by atoms with van der Waals surface area (Å²) >= 11 is 5.00. The van der Waals surface area contributed by atoms with Gasteiger partial charge in [0.25, 0.3) is 0 Å². The van der Waals surface area contributed by atoms with Crippen LogP contribution in [0, 0.1) is 5.92 Å². The Hall–Kier alpha value is -0.200. The van der Waals surface area contributed by atoms with E-state index in [1.807, 2.05) is 0 Å². The molecular formula is C9H16N2O2S2. The molecule has 1 aliphatic heterocycles. The van der Waals surface area contributed by atoms with E-state index in [4.69, 9.17) is 18.0 Å². The second kappa shape index (κ2) is 3.99. The standard InChI is InChI=1S/C9H16N2O2S2/c10-9(14)7-3-1-4-8(7)11-5-2-6-15(11,12)13/h7-8H,1-6H2,(H2,10,14). The first-order valence-electron chi connectivity index (χ1n) is 5.31. The summed E-state index contributed by atoms with van der Waals surface area (Å²) in [5.41, 5.74) is 5.65. The Morgan fingerprint density at radius 1 is 1.33 bits per heavy atom. The molecule has 0 aromatic rings. The van der Waals surface area contributed by atoms with Crippen molar-refractivity contribution in [3.8, 4) is 0 Å². The monoisotopic (exact) mass is 248 g/mol. The largest absolute Gasteiger partial charge is 0.393 e. The van der Waals surface area contributed by atoms with E-state index >= 15 is 0 Å². The van der Waals surface area contributed by atoms with Gasteiger partial charge in [-0.1, -0.05) is 18.6 Å². The molecule has 15 heavy (non-hydrogen) atoms. The van der Waals surface area contributed by atoms with Gasteiger partial charge in [0.1, 0.15) is 0 Å². The Morgan fingerprint density at radius 2 is 2.07 bits per heavy atom. The molecule has 0 bridgehead atoms. The minimum absolute atomic E-state index is 0.0370. The number of hydrogen-bond donors (Lipinski definition) is 1. The molecule has 2 fully saturated rings. The Labute approximate surface area is 95.9 Å². The molecule has 1 aliphatic carbocycles. The first-order chi connectivity index (χ1) is 7.02. The van der Waals surface area contributed by atoms with Gasteiger partial charge in [0.2, 0.25) is 10.0 Å². The molecule has 2 rings (SSSR count). The molecule has 0 spiro atoms. The molecule has 1 heterocycles. The number of rotatable bonds is 2. The molecular weight excluding hydrogens is 232 g/mol. The molecule has 1 saturated heterocycles. The lowest BCUT2D eigenvalue weighted by atomic mass is 10.0. The molecule has 4 nitrogen and oxygen atoms in total. The van der Waals surface area contributed by atoms with Crippen molar-refractivity contribution in [1.82, 2.24) is 4.31 Å². The normalized spacial score (nSPS) is 35.7. The van der Waals surface area contributed by atoms with Crippen LogP contribution in [0.5, 0.6) is 0 Å². The number of hydrogen-bond acceptors (Lipinski definition) is 3. The van der Waals surface area contributed by atoms with Crippen LogP contribution in [0.3, 0.4) is 0 Å². The summed E-state index contributed by atoms with van der Waals surface area (Å²) in [6.45, 7) is 0.645. The van der Waals surface area contributed by atoms with Crippen molar-refractivity contribution >= 4 is 27.2 Å². The topological polar surface area (TPSA) is 63.4 Å². The fraction of sp³-hybridized carbons (Fsp3) is 0.889. The van der Waals surface area contributed by atoms with Crippen molar-refractivity contribution < 1.29 is 8.42 Å². The van der Waals surface area contributed by atoms with Crippen LogP contribution in [0.4, 0.5) is 0 Å². The zero-order valence-corrected chi connectivity index (χ0v) is 10.2. The predicted octanol–water partition coefficient (Wildman–Crippen LogP) is 0.477. The van der Waals surface area contributed by atoms with Gasteiger partial charge in [0.15, 0.2) is 0 Å². The van der Waals surface area contributed by atoms with Crippen LogP contribution in [0.25, 0.3) is 0 Å². The third-order valence-electron chi connectivity index (χ3n) is 3.35. The molecule has 2 unspecified atom stereocenters.